The number of anilines is 1. The van der Waals surface area contributed by atoms with E-state index < -0.39 is 5.97 Å². The third-order valence-electron chi connectivity index (χ3n) is 7.43. The summed E-state index contributed by atoms with van der Waals surface area (Å²) < 4.78 is 22.8. The number of halogens is 2. The highest BCUT2D eigenvalue weighted by atomic mass is 79.9. The van der Waals surface area contributed by atoms with Crippen molar-refractivity contribution >= 4 is 50.9 Å². The molecule has 2 aliphatic rings. The first-order valence-corrected chi connectivity index (χ1v) is 15.8. The van der Waals surface area contributed by atoms with Crippen LogP contribution in [0.3, 0.4) is 0 Å². The predicted octanol–water partition coefficient (Wildman–Crippen LogP) is 6.61. The largest absolute Gasteiger partial charge is 0.493 e. The minimum Gasteiger partial charge on any atom is -0.493 e. The SMILES string of the molecule is CCOC(=O)COc1ccc(Br)cc1CC1C(CN(C(=O)CCC(C)C)c2ccc(OC)c(OC)c2Cl)N=C2C=CC=CN21. The second-order valence-electron chi connectivity index (χ2n) is 10.9. The van der Waals surface area contributed by atoms with Gasteiger partial charge < -0.3 is 28.7 Å². The molecule has 2 atom stereocenters. The van der Waals surface area contributed by atoms with Gasteiger partial charge in [-0.2, -0.15) is 0 Å². The molecule has 0 N–H and O–H groups in total. The summed E-state index contributed by atoms with van der Waals surface area (Å²) in [4.78, 5) is 34.8. The van der Waals surface area contributed by atoms with Crippen LogP contribution in [-0.4, -0.2) is 68.7 Å². The summed E-state index contributed by atoms with van der Waals surface area (Å²) in [7, 11) is 3.07. The van der Waals surface area contributed by atoms with Crippen LogP contribution in [-0.2, 0) is 20.7 Å². The molecule has 44 heavy (non-hydrogen) atoms. The average molecular weight is 689 g/mol. The molecule has 236 valence electrons. The normalized spacial score (nSPS) is 16.9. The van der Waals surface area contributed by atoms with E-state index in [-0.39, 0.29) is 37.7 Å². The van der Waals surface area contributed by atoms with Gasteiger partial charge in [-0.25, -0.2) is 4.79 Å². The molecule has 2 aromatic rings. The molecule has 2 unspecified atom stereocenters. The number of nitrogens with zero attached hydrogens (tertiary/aromatic N) is 3. The van der Waals surface area contributed by atoms with E-state index >= 15 is 0 Å². The fraction of sp³-hybridized carbons (Fsp3) is 0.424. The first-order chi connectivity index (χ1) is 21.2. The van der Waals surface area contributed by atoms with Gasteiger partial charge in [-0.05, 0) is 73.7 Å². The summed E-state index contributed by atoms with van der Waals surface area (Å²) in [6.45, 7) is 6.32. The van der Waals surface area contributed by atoms with E-state index in [4.69, 9.17) is 35.5 Å². The minimum absolute atomic E-state index is 0.0522. The van der Waals surface area contributed by atoms with Gasteiger partial charge in [-0.3, -0.25) is 9.79 Å². The van der Waals surface area contributed by atoms with Crippen molar-refractivity contribution < 1.29 is 28.5 Å². The maximum absolute atomic E-state index is 13.9. The molecule has 11 heteroatoms. The minimum atomic E-state index is -0.433. The number of aliphatic imine (C=N–C) groups is 1. The molecule has 2 aromatic carbocycles. The average Bonchev–Trinajstić information content (AvgIpc) is 3.35. The van der Waals surface area contributed by atoms with Crippen molar-refractivity contribution in [2.45, 2.75) is 52.1 Å². The molecule has 4 rings (SSSR count). The number of carbonyl (C=O) groups excluding carboxylic acids is 2. The number of methoxy groups -OCH3 is 2. The lowest BCUT2D eigenvalue weighted by Gasteiger charge is -2.32. The second kappa shape index (κ2) is 15.5. The van der Waals surface area contributed by atoms with Crippen LogP contribution >= 0.6 is 27.5 Å². The number of carbonyl (C=O) groups is 2. The van der Waals surface area contributed by atoms with Crippen LogP contribution in [0.1, 0.15) is 39.2 Å². The van der Waals surface area contributed by atoms with E-state index in [2.05, 4.69) is 34.7 Å². The van der Waals surface area contributed by atoms with Gasteiger partial charge in [0.2, 0.25) is 5.91 Å². The number of hydrogen-bond acceptors (Lipinski definition) is 8. The number of ether oxygens (including phenoxy) is 4. The second-order valence-corrected chi connectivity index (χ2v) is 12.1. The Balaban J connectivity index is 1.70. The zero-order valence-corrected chi connectivity index (χ0v) is 28.1. The lowest BCUT2D eigenvalue weighted by molar-refractivity contribution is -0.145. The lowest BCUT2D eigenvalue weighted by atomic mass is 9.97. The standard InChI is InChI=1S/C33H39BrClN3O6/c1-6-43-31(40)20-44-27-13-11-23(34)17-22(27)18-26-24(36-29-9-7-8-16-37(26)29)19-38(30(39)15-10-21(2)3)25-12-14-28(41-4)33(42-5)32(25)35/h7-9,11-14,16-17,21,24,26H,6,10,15,18-20H2,1-5H3. The molecule has 0 aliphatic carbocycles. The molecular formula is C33H39BrClN3O6. The highest BCUT2D eigenvalue weighted by molar-refractivity contribution is 9.10. The Kier molecular flexibility index (Phi) is 11.7. The van der Waals surface area contributed by atoms with Gasteiger partial charge >= 0.3 is 5.97 Å². The van der Waals surface area contributed by atoms with Crippen molar-refractivity contribution in [2.75, 3.05) is 38.9 Å². The Morgan fingerprint density at radius 3 is 2.59 bits per heavy atom. The highest BCUT2D eigenvalue weighted by Crippen LogP contribution is 2.42. The fourth-order valence-corrected chi connectivity index (χ4v) is 5.99. The Morgan fingerprint density at radius 2 is 1.89 bits per heavy atom. The van der Waals surface area contributed by atoms with Crippen LogP contribution in [0.4, 0.5) is 5.69 Å². The summed E-state index contributed by atoms with van der Waals surface area (Å²) in [5, 5.41) is 0.297. The van der Waals surface area contributed by atoms with E-state index in [9.17, 15) is 9.59 Å². The van der Waals surface area contributed by atoms with Crippen molar-refractivity contribution in [2.24, 2.45) is 10.9 Å². The molecule has 0 saturated heterocycles. The molecule has 0 aromatic heterocycles. The molecule has 2 aliphatic heterocycles. The Hall–Kier alpha value is -3.50. The van der Waals surface area contributed by atoms with E-state index in [0.717, 1.165) is 22.3 Å². The maximum Gasteiger partial charge on any atom is 0.344 e. The quantitative estimate of drug-likeness (QED) is 0.207. The maximum atomic E-state index is 13.9. The summed E-state index contributed by atoms with van der Waals surface area (Å²) >= 11 is 10.4. The topological polar surface area (TPSA) is 89.9 Å². The fourth-order valence-electron chi connectivity index (χ4n) is 5.24. The smallest absolute Gasteiger partial charge is 0.344 e. The summed E-state index contributed by atoms with van der Waals surface area (Å²) in [5.41, 5.74) is 1.42. The van der Waals surface area contributed by atoms with E-state index in [1.165, 1.54) is 7.11 Å². The third kappa shape index (κ3) is 7.95. The van der Waals surface area contributed by atoms with E-state index in [0.29, 0.717) is 46.7 Å². The number of benzene rings is 2. The van der Waals surface area contributed by atoms with Crippen LogP contribution in [0.2, 0.25) is 5.02 Å². The Bertz CT molecular complexity index is 1440. The van der Waals surface area contributed by atoms with Crippen LogP contribution in [0.15, 0.2) is 64.2 Å². The van der Waals surface area contributed by atoms with Crippen LogP contribution in [0.5, 0.6) is 17.2 Å². The number of hydrogen-bond donors (Lipinski definition) is 0. The summed E-state index contributed by atoms with van der Waals surface area (Å²) in [5.74, 6) is 2.10. The zero-order chi connectivity index (χ0) is 31.8. The molecular weight excluding hydrogens is 650 g/mol. The summed E-state index contributed by atoms with van der Waals surface area (Å²) in [6, 6.07) is 8.75. The predicted molar refractivity (Wildman–Crippen MR) is 176 cm³/mol. The number of fused-ring (bicyclic) bond motifs is 1. The molecule has 0 bridgehead atoms. The van der Waals surface area contributed by atoms with Crippen molar-refractivity contribution in [1.29, 1.82) is 0 Å². The van der Waals surface area contributed by atoms with E-state index in [1.54, 1.807) is 31.1 Å². The Labute approximate surface area is 272 Å². The number of esters is 1. The van der Waals surface area contributed by atoms with Gasteiger partial charge in [0, 0.05) is 17.1 Å². The van der Waals surface area contributed by atoms with Crippen molar-refractivity contribution in [3.8, 4) is 17.2 Å². The lowest BCUT2D eigenvalue weighted by Crippen LogP contribution is -2.45. The van der Waals surface area contributed by atoms with Gasteiger partial charge in [-0.1, -0.05) is 47.5 Å². The molecule has 2 heterocycles. The number of amidine groups is 1. The van der Waals surface area contributed by atoms with Crippen LogP contribution in [0, 0.1) is 5.92 Å². The monoisotopic (exact) mass is 687 g/mol. The zero-order valence-electron chi connectivity index (χ0n) is 25.7. The molecule has 9 nitrogen and oxygen atoms in total. The van der Waals surface area contributed by atoms with Gasteiger partial charge in [0.1, 0.15) is 16.6 Å². The van der Waals surface area contributed by atoms with Crippen molar-refractivity contribution in [3.63, 3.8) is 0 Å². The Morgan fingerprint density at radius 1 is 1.11 bits per heavy atom. The molecule has 0 saturated carbocycles. The highest BCUT2D eigenvalue weighted by Gasteiger charge is 2.38. The van der Waals surface area contributed by atoms with Crippen LogP contribution in [0.25, 0.3) is 0 Å². The first kappa shape index (κ1) is 33.4. The molecule has 0 fully saturated rings. The van der Waals surface area contributed by atoms with Gasteiger partial charge in [0.05, 0.1) is 45.1 Å². The summed E-state index contributed by atoms with van der Waals surface area (Å²) in [6.07, 6.45) is 9.48. The number of amides is 1. The molecule has 1 amide bonds. The number of allylic oxidation sites excluding steroid dienone is 2. The first-order valence-electron chi connectivity index (χ1n) is 14.6. The number of rotatable bonds is 14. The van der Waals surface area contributed by atoms with Crippen molar-refractivity contribution in [1.82, 2.24) is 4.90 Å². The van der Waals surface area contributed by atoms with Gasteiger partial charge in [0.25, 0.3) is 0 Å². The van der Waals surface area contributed by atoms with Gasteiger partial charge in [0.15, 0.2) is 18.1 Å². The molecule has 0 spiro atoms. The molecule has 0 radical (unpaired) electrons. The third-order valence-corrected chi connectivity index (χ3v) is 8.29. The van der Waals surface area contributed by atoms with Gasteiger partial charge in [-0.15, -0.1) is 0 Å². The van der Waals surface area contributed by atoms with Crippen LogP contribution < -0.4 is 19.1 Å². The van der Waals surface area contributed by atoms with E-state index in [1.807, 2.05) is 42.6 Å². The van der Waals surface area contributed by atoms with Crippen molar-refractivity contribution in [3.05, 3.63) is 69.8 Å².